The smallest absolute Gasteiger partial charge is 0.273 e. The first-order valence-corrected chi connectivity index (χ1v) is 6.45. The number of rotatable bonds is 4. The summed E-state index contributed by atoms with van der Waals surface area (Å²) in [6, 6.07) is 10.1. The minimum absolute atomic E-state index is 0.353. The maximum absolute atomic E-state index is 12.1. The van der Waals surface area contributed by atoms with Crippen molar-refractivity contribution in [1.82, 2.24) is 15.8 Å². The third-order valence-corrected chi connectivity index (χ3v) is 2.64. The number of ether oxygens (including phenoxy) is 1. The fourth-order valence-corrected chi connectivity index (χ4v) is 1.69. The van der Waals surface area contributed by atoms with E-state index in [1.54, 1.807) is 42.6 Å². The molecule has 6 heteroatoms. The number of benzene rings is 1. The maximum Gasteiger partial charge on any atom is 0.273 e. The highest BCUT2D eigenvalue weighted by Crippen LogP contribution is 2.17. The monoisotopic (exact) mass is 285 g/mol. The van der Waals surface area contributed by atoms with Crippen LogP contribution in [0.3, 0.4) is 0 Å². The Morgan fingerprint density at radius 3 is 2.57 bits per heavy atom. The van der Waals surface area contributed by atoms with Gasteiger partial charge in [0, 0.05) is 12.4 Å². The summed E-state index contributed by atoms with van der Waals surface area (Å²) in [5, 5.41) is 0. The van der Waals surface area contributed by atoms with Gasteiger partial charge in [0.05, 0.1) is 17.7 Å². The Hall–Kier alpha value is -2.89. The van der Waals surface area contributed by atoms with Crippen LogP contribution in [0.4, 0.5) is 0 Å². The topological polar surface area (TPSA) is 80.3 Å². The highest BCUT2D eigenvalue weighted by Gasteiger charge is 2.13. The molecule has 0 aliphatic carbocycles. The fraction of sp³-hybridized carbons (Fsp3) is 0.133. The molecule has 0 atom stereocenters. The number of nitrogens with zero attached hydrogens (tertiary/aromatic N) is 1. The van der Waals surface area contributed by atoms with Gasteiger partial charge in [0.1, 0.15) is 5.75 Å². The molecule has 0 bridgehead atoms. The van der Waals surface area contributed by atoms with Crippen LogP contribution in [0.1, 0.15) is 27.6 Å². The molecule has 0 aliphatic rings. The van der Waals surface area contributed by atoms with Crippen LogP contribution in [-0.4, -0.2) is 23.4 Å². The molecule has 2 amide bonds. The molecule has 108 valence electrons. The van der Waals surface area contributed by atoms with Gasteiger partial charge in [-0.1, -0.05) is 12.1 Å². The van der Waals surface area contributed by atoms with Crippen molar-refractivity contribution in [2.24, 2.45) is 0 Å². The van der Waals surface area contributed by atoms with Gasteiger partial charge >= 0.3 is 0 Å². The number of amides is 2. The Balaban J connectivity index is 2.01. The third-order valence-electron chi connectivity index (χ3n) is 2.64. The Morgan fingerprint density at radius 1 is 1.10 bits per heavy atom. The summed E-state index contributed by atoms with van der Waals surface area (Å²) >= 11 is 0. The summed E-state index contributed by atoms with van der Waals surface area (Å²) in [6.07, 6.45) is 2.98. The molecule has 1 heterocycles. The first-order valence-electron chi connectivity index (χ1n) is 6.45. The molecular formula is C15H15N3O3. The minimum Gasteiger partial charge on any atom is -0.493 e. The zero-order valence-electron chi connectivity index (χ0n) is 11.5. The lowest BCUT2D eigenvalue weighted by Gasteiger charge is -2.11. The summed E-state index contributed by atoms with van der Waals surface area (Å²) in [5.74, 6) is -0.422. The molecule has 2 rings (SSSR count). The van der Waals surface area contributed by atoms with E-state index in [4.69, 9.17) is 4.74 Å². The molecule has 2 aromatic rings. The van der Waals surface area contributed by atoms with Gasteiger partial charge in [0.15, 0.2) is 0 Å². The van der Waals surface area contributed by atoms with Crippen molar-refractivity contribution in [1.29, 1.82) is 0 Å². The van der Waals surface area contributed by atoms with Crippen molar-refractivity contribution in [2.75, 3.05) is 6.61 Å². The number of nitrogens with one attached hydrogen (secondary N) is 2. The van der Waals surface area contributed by atoms with Crippen molar-refractivity contribution in [3.05, 3.63) is 59.9 Å². The molecular weight excluding hydrogens is 270 g/mol. The van der Waals surface area contributed by atoms with E-state index in [1.807, 2.05) is 6.92 Å². The van der Waals surface area contributed by atoms with Crippen LogP contribution in [0.15, 0.2) is 48.8 Å². The van der Waals surface area contributed by atoms with Crippen LogP contribution < -0.4 is 15.6 Å². The molecule has 21 heavy (non-hydrogen) atoms. The van der Waals surface area contributed by atoms with Gasteiger partial charge in [0.2, 0.25) is 0 Å². The quantitative estimate of drug-likeness (QED) is 0.835. The van der Waals surface area contributed by atoms with Gasteiger partial charge in [-0.15, -0.1) is 0 Å². The molecule has 1 aromatic carbocycles. The van der Waals surface area contributed by atoms with Crippen molar-refractivity contribution in [3.63, 3.8) is 0 Å². The summed E-state index contributed by atoms with van der Waals surface area (Å²) in [5.41, 5.74) is 5.39. The summed E-state index contributed by atoms with van der Waals surface area (Å²) in [6.45, 7) is 2.28. The summed E-state index contributed by atoms with van der Waals surface area (Å²) in [7, 11) is 0. The minimum atomic E-state index is -0.448. The van der Waals surface area contributed by atoms with Crippen molar-refractivity contribution >= 4 is 11.8 Å². The van der Waals surface area contributed by atoms with Crippen molar-refractivity contribution < 1.29 is 14.3 Å². The SMILES string of the molecule is CCOc1ccccc1C(=O)NNC(=O)c1cccnc1. The van der Waals surface area contributed by atoms with Gasteiger partial charge in [-0.05, 0) is 31.2 Å². The van der Waals surface area contributed by atoms with Crippen LogP contribution in [-0.2, 0) is 0 Å². The predicted molar refractivity (Wildman–Crippen MR) is 76.8 cm³/mol. The molecule has 6 nitrogen and oxygen atoms in total. The molecule has 0 saturated carbocycles. The number of aromatic nitrogens is 1. The summed E-state index contributed by atoms with van der Waals surface area (Å²) in [4.78, 5) is 27.7. The number of para-hydroxylation sites is 1. The van der Waals surface area contributed by atoms with E-state index in [9.17, 15) is 9.59 Å². The Bertz CT molecular complexity index is 629. The van der Waals surface area contributed by atoms with Crippen molar-refractivity contribution in [2.45, 2.75) is 6.92 Å². The van der Waals surface area contributed by atoms with Gasteiger partial charge in [-0.25, -0.2) is 0 Å². The number of hydrogen-bond donors (Lipinski definition) is 2. The van der Waals surface area contributed by atoms with E-state index in [-0.39, 0.29) is 0 Å². The molecule has 0 saturated heterocycles. The first-order chi connectivity index (χ1) is 10.2. The van der Waals surface area contributed by atoms with Gasteiger partial charge in [-0.3, -0.25) is 25.4 Å². The van der Waals surface area contributed by atoms with E-state index in [0.717, 1.165) is 0 Å². The Labute approximate surface area is 122 Å². The second-order valence-corrected chi connectivity index (χ2v) is 4.08. The number of carbonyl (C=O) groups is 2. The second-order valence-electron chi connectivity index (χ2n) is 4.08. The number of carbonyl (C=O) groups excluding carboxylic acids is 2. The van der Waals surface area contributed by atoms with Crippen LogP contribution in [0.2, 0.25) is 0 Å². The molecule has 1 aromatic heterocycles. The molecule has 0 radical (unpaired) electrons. The fourth-order valence-electron chi connectivity index (χ4n) is 1.69. The van der Waals surface area contributed by atoms with Crippen LogP contribution >= 0.6 is 0 Å². The molecule has 2 N–H and O–H groups in total. The standard InChI is InChI=1S/C15H15N3O3/c1-2-21-13-8-4-3-7-12(13)15(20)18-17-14(19)11-6-5-9-16-10-11/h3-10H,2H2,1H3,(H,17,19)(H,18,20). The van der Waals surface area contributed by atoms with Gasteiger partial charge in [0.25, 0.3) is 11.8 Å². The lowest BCUT2D eigenvalue weighted by Crippen LogP contribution is -2.41. The van der Waals surface area contributed by atoms with Crippen LogP contribution in [0, 0.1) is 0 Å². The normalized spacial score (nSPS) is 9.76. The number of pyridine rings is 1. The highest BCUT2D eigenvalue weighted by molar-refractivity contribution is 6.00. The molecule has 0 unspecified atom stereocenters. The molecule has 0 aliphatic heterocycles. The van der Waals surface area contributed by atoms with Gasteiger partial charge < -0.3 is 4.74 Å². The third kappa shape index (κ3) is 3.79. The van der Waals surface area contributed by atoms with Crippen LogP contribution in [0.5, 0.6) is 5.75 Å². The van der Waals surface area contributed by atoms with E-state index >= 15 is 0 Å². The zero-order valence-corrected chi connectivity index (χ0v) is 11.5. The van der Waals surface area contributed by atoms with Crippen molar-refractivity contribution in [3.8, 4) is 5.75 Å². The second kappa shape index (κ2) is 7.04. The first kappa shape index (κ1) is 14.5. The van der Waals surface area contributed by atoms with E-state index < -0.39 is 11.8 Å². The maximum atomic E-state index is 12.1. The molecule has 0 fully saturated rings. The predicted octanol–water partition coefficient (Wildman–Crippen LogP) is 1.56. The average molecular weight is 285 g/mol. The number of hydrogen-bond acceptors (Lipinski definition) is 4. The van der Waals surface area contributed by atoms with E-state index in [0.29, 0.717) is 23.5 Å². The lowest BCUT2D eigenvalue weighted by atomic mass is 10.2. The zero-order chi connectivity index (χ0) is 15.1. The Morgan fingerprint density at radius 2 is 1.86 bits per heavy atom. The van der Waals surface area contributed by atoms with Crippen LogP contribution in [0.25, 0.3) is 0 Å². The molecule has 0 spiro atoms. The Kier molecular flexibility index (Phi) is 4.87. The highest BCUT2D eigenvalue weighted by atomic mass is 16.5. The summed E-state index contributed by atoms with van der Waals surface area (Å²) < 4.78 is 5.37. The number of hydrazine groups is 1. The van der Waals surface area contributed by atoms with E-state index in [2.05, 4.69) is 15.8 Å². The largest absolute Gasteiger partial charge is 0.493 e. The van der Waals surface area contributed by atoms with Gasteiger partial charge in [-0.2, -0.15) is 0 Å². The van der Waals surface area contributed by atoms with E-state index in [1.165, 1.54) is 6.20 Å². The lowest BCUT2D eigenvalue weighted by molar-refractivity contribution is 0.0844. The average Bonchev–Trinajstić information content (AvgIpc) is 2.54.